The fourth-order valence-electron chi connectivity index (χ4n) is 0.796. The van der Waals surface area contributed by atoms with Gasteiger partial charge in [-0.25, -0.2) is 4.79 Å². The molecule has 0 amide bonds. The van der Waals surface area contributed by atoms with Gasteiger partial charge in [-0.15, -0.1) is 0 Å². The van der Waals surface area contributed by atoms with Gasteiger partial charge in [0.25, 0.3) is 0 Å². The molecule has 1 heterocycles. The number of esters is 1. The number of rotatable bonds is 3. The number of methoxy groups -OCH3 is 1. The second-order valence-corrected chi connectivity index (χ2v) is 3.05. The molecule has 0 radical (unpaired) electrons. The minimum atomic E-state index is -0.644. The van der Waals surface area contributed by atoms with Gasteiger partial charge in [0.05, 0.1) is 7.11 Å². The van der Waals surface area contributed by atoms with Crippen molar-refractivity contribution in [3.63, 3.8) is 0 Å². The molecule has 6 heteroatoms. The summed E-state index contributed by atoms with van der Waals surface area (Å²) in [5.41, 5.74) is 8.98. The Hall–Kier alpha value is -1.78. The summed E-state index contributed by atoms with van der Waals surface area (Å²) < 4.78 is 4.44. The van der Waals surface area contributed by atoms with Crippen molar-refractivity contribution in [3.8, 4) is 0 Å². The molecule has 0 aromatic carbocycles. The first-order valence-electron chi connectivity index (χ1n) is 3.65. The van der Waals surface area contributed by atoms with Crippen molar-refractivity contribution < 1.29 is 9.53 Å². The molecule has 0 atom stereocenters. The summed E-state index contributed by atoms with van der Waals surface area (Å²) >= 11 is 1.49. The molecular formula is C8H7N3O2S. The van der Waals surface area contributed by atoms with Gasteiger partial charge in [-0.3, -0.25) is 0 Å². The minimum absolute atomic E-state index is 0.0478. The maximum absolute atomic E-state index is 11.1. The van der Waals surface area contributed by atoms with Gasteiger partial charge in [0.1, 0.15) is 5.70 Å². The zero-order chi connectivity index (χ0) is 10.4. The summed E-state index contributed by atoms with van der Waals surface area (Å²) in [5.74, 6) is -0.644. The number of hydrogen-bond acceptors (Lipinski definition) is 4. The highest BCUT2D eigenvalue weighted by Gasteiger charge is 2.06. The Morgan fingerprint density at radius 3 is 3.07 bits per heavy atom. The van der Waals surface area contributed by atoms with Crippen LogP contribution in [0.4, 0.5) is 0 Å². The number of thiophene rings is 1. The molecule has 0 unspecified atom stereocenters. The van der Waals surface area contributed by atoms with Crippen molar-refractivity contribution in [2.75, 3.05) is 7.11 Å². The highest BCUT2D eigenvalue weighted by molar-refractivity contribution is 7.08. The first kappa shape index (κ1) is 10.3. The van der Waals surface area contributed by atoms with E-state index in [1.54, 1.807) is 6.07 Å². The quantitative estimate of drug-likeness (QED) is 0.252. The van der Waals surface area contributed by atoms with Crippen molar-refractivity contribution >= 4 is 23.4 Å². The summed E-state index contributed by atoms with van der Waals surface area (Å²) in [6.45, 7) is 0. The Kier molecular flexibility index (Phi) is 3.72. The zero-order valence-corrected chi connectivity index (χ0v) is 8.19. The number of nitrogens with zero attached hydrogens (tertiary/aromatic N) is 3. The highest BCUT2D eigenvalue weighted by Crippen LogP contribution is 2.12. The van der Waals surface area contributed by atoms with Gasteiger partial charge in [0, 0.05) is 4.91 Å². The fourth-order valence-corrected chi connectivity index (χ4v) is 1.41. The number of ether oxygens (including phenoxy) is 1. The van der Waals surface area contributed by atoms with E-state index >= 15 is 0 Å². The summed E-state index contributed by atoms with van der Waals surface area (Å²) in [6.07, 6.45) is 1.47. The molecule has 0 spiro atoms. The molecule has 1 aromatic heterocycles. The molecule has 0 bridgehead atoms. The van der Waals surface area contributed by atoms with Crippen molar-refractivity contribution in [2.24, 2.45) is 5.11 Å². The van der Waals surface area contributed by atoms with Crippen molar-refractivity contribution in [2.45, 2.75) is 0 Å². The van der Waals surface area contributed by atoms with Crippen LogP contribution in [0.25, 0.3) is 16.5 Å². The molecule has 14 heavy (non-hydrogen) atoms. The van der Waals surface area contributed by atoms with Crippen LogP contribution in [-0.4, -0.2) is 13.1 Å². The lowest BCUT2D eigenvalue weighted by Gasteiger charge is -1.96. The number of carbonyl (C=O) groups is 1. The molecule has 5 nitrogen and oxygen atoms in total. The summed E-state index contributed by atoms with van der Waals surface area (Å²) in [5, 5.41) is 6.93. The summed E-state index contributed by atoms with van der Waals surface area (Å²) in [7, 11) is 1.23. The SMILES string of the molecule is COC(=O)C(=Cc1ccsc1)N=[N+]=[N-]. The van der Waals surface area contributed by atoms with Gasteiger partial charge in [-0.05, 0) is 34.0 Å². The molecular weight excluding hydrogens is 202 g/mol. The molecule has 0 aliphatic heterocycles. The van der Waals surface area contributed by atoms with Gasteiger partial charge in [0.2, 0.25) is 0 Å². The Morgan fingerprint density at radius 2 is 2.57 bits per heavy atom. The average Bonchev–Trinajstić information content (AvgIpc) is 2.68. The van der Waals surface area contributed by atoms with Crippen LogP contribution in [0.2, 0.25) is 0 Å². The molecule has 0 saturated heterocycles. The Bertz CT molecular complexity index is 391. The normalized spacial score (nSPS) is 10.5. The van der Waals surface area contributed by atoms with Gasteiger partial charge in [0.15, 0.2) is 0 Å². The molecule has 0 saturated carbocycles. The summed E-state index contributed by atoms with van der Waals surface area (Å²) in [4.78, 5) is 13.6. The fraction of sp³-hybridized carbons (Fsp3) is 0.125. The van der Waals surface area contributed by atoms with Gasteiger partial charge in [-0.2, -0.15) is 11.3 Å². The molecule has 0 N–H and O–H groups in total. The molecule has 1 aromatic rings. The lowest BCUT2D eigenvalue weighted by molar-refractivity contribution is -0.136. The van der Waals surface area contributed by atoms with Gasteiger partial charge < -0.3 is 4.74 Å². The van der Waals surface area contributed by atoms with E-state index < -0.39 is 5.97 Å². The molecule has 0 aliphatic carbocycles. The molecule has 72 valence electrons. The molecule has 1 rings (SSSR count). The predicted octanol–water partition coefficient (Wildman–Crippen LogP) is 2.57. The third-order valence-electron chi connectivity index (χ3n) is 1.39. The van der Waals surface area contributed by atoms with E-state index in [4.69, 9.17) is 5.53 Å². The number of azide groups is 1. The van der Waals surface area contributed by atoms with Crippen LogP contribution in [-0.2, 0) is 9.53 Å². The second-order valence-electron chi connectivity index (χ2n) is 2.27. The number of carbonyl (C=O) groups excluding carboxylic acids is 1. The van der Waals surface area contributed by atoms with E-state index in [0.717, 1.165) is 5.56 Å². The molecule has 0 aliphatic rings. The van der Waals surface area contributed by atoms with Gasteiger partial charge >= 0.3 is 5.97 Å². The smallest absolute Gasteiger partial charge is 0.340 e. The predicted molar refractivity (Wildman–Crippen MR) is 53.5 cm³/mol. The van der Waals surface area contributed by atoms with Crippen LogP contribution in [0, 0.1) is 0 Å². The Balaban J connectivity index is 2.99. The topological polar surface area (TPSA) is 75.1 Å². The minimum Gasteiger partial charge on any atom is -0.466 e. The maximum Gasteiger partial charge on any atom is 0.340 e. The lowest BCUT2D eigenvalue weighted by atomic mass is 10.3. The Morgan fingerprint density at radius 1 is 1.79 bits per heavy atom. The lowest BCUT2D eigenvalue weighted by Crippen LogP contribution is -2.01. The Labute approximate surface area is 84.3 Å². The maximum atomic E-state index is 11.1. The van der Waals surface area contributed by atoms with E-state index in [9.17, 15) is 4.79 Å². The van der Waals surface area contributed by atoms with Crippen molar-refractivity contribution in [3.05, 3.63) is 38.5 Å². The summed E-state index contributed by atoms with van der Waals surface area (Å²) in [6, 6.07) is 1.81. The van der Waals surface area contributed by atoms with Crippen LogP contribution in [0.15, 0.2) is 27.6 Å². The van der Waals surface area contributed by atoms with Crippen LogP contribution >= 0.6 is 11.3 Å². The average molecular weight is 209 g/mol. The molecule has 0 fully saturated rings. The van der Waals surface area contributed by atoms with Gasteiger partial charge in [-0.1, -0.05) is 5.11 Å². The standard InChI is InChI=1S/C8H7N3O2S/c1-13-8(12)7(10-11-9)4-6-2-3-14-5-6/h2-5H,1H3. The van der Waals surface area contributed by atoms with E-state index in [1.807, 2.05) is 10.8 Å². The van der Waals surface area contributed by atoms with Crippen LogP contribution in [0.1, 0.15) is 5.56 Å². The van der Waals surface area contributed by atoms with Crippen molar-refractivity contribution in [1.29, 1.82) is 0 Å². The monoisotopic (exact) mass is 209 g/mol. The van der Waals surface area contributed by atoms with Crippen molar-refractivity contribution in [1.82, 2.24) is 0 Å². The zero-order valence-electron chi connectivity index (χ0n) is 7.38. The van der Waals surface area contributed by atoms with Crippen LogP contribution < -0.4 is 0 Å². The first-order valence-corrected chi connectivity index (χ1v) is 4.59. The first-order chi connectivity index (χ1) is 6.77. The third kappa shape index (κ3) is 2.62. The second kappa shape index (κ2) is 5.06. The third-order valence-corrected chi connectivity index (χ3v) is 2.10. The van der Waals surface area contributed by atoms with Crippen LogP contribution in [0.5, 0.6) is 0 Å². The van der Waals surface area contributed by atoms with E-state index in [-0.39, 0.29) is 5.70 Å². The van der Waals surface area contributed by atoms with E-state index in [0.29, 0.717) is 0 Å². The number of hydrogen-bond donors (Lipinski definition) is 0. The van der Waals surface area contributed by atoms with Crippen LogP contribution in [0.3, 0.4) is 0 Å². The van der Waals surface area contributed by atoms with E-state index in [2.05, 4.69) is 14.8 Å². The largest absolute Gasteiger partial charge is 0.466 e. The highest BCUT2D eigenvalue weighted by atomic mass is 32.1. The van der Waals surface area contributed by atoms with E-state index in [1.165, 1.54) is 24.5 Å².